The molecule has 2 aromatic rings. The van der Waals surface area contributed by atoms with Crippen LogP contribution in [0.3, 0.4) is 0 Å². The van der Waals surface area contributed by atoms with Crippen LogP contribution in [0.5, 0.6) is 5.75 Å². The van der Waals surface area contributed by atoms with Gasteiger partial charge in [0.2, 0.25) is 0 Å². The summed E-state index contributed by atoms with van der Waals surface area (Å²) in [5.74, 6) is 0.222. The first-order chi connectivity index (χ1) is 12.5. The summed E-state index contributed by atoms with van der Waals surface area (Å²) in [5.41, 5.74) is 1.61. The number of carbonyl (C=O) groups is 1. The van der Waals surface area contributed by atoms with Crippen LogP contribution in [-0.4, -0.2) is 37.4 Å². The lowest BCUT2D eigenvalue weighted by molar-refractivity contribution is -0.139. The Morgan fingerprint density at radius 1 is 1.19 bits per heavy atom. The number of hydrogen-bond donors (Lipinski definition) is 1. The number of ether oxygens (including phenoxy) is 3. The lowest BCUT2D eigenvalue weighted by Gasteiger charge is -2.26. The predicted molar refractivity (Wildman–Crippen MR) is 101 cm³/mol. The van der Waals surface area contributed by atoms with Crippen molar-refractivity contribution in [2.24, 2.45) is 0 Å². The molecule has 2 atom stereocenters. The number of carbonyl (C=O) groups excluding carboxylic acids is 1. The molecule has 1 saturated heterocycles. The molecule has 0 radical (unpaired) electrons. The van der Waals surface area contributed by atoms with E-state index in [-0.39, 0.29) is 17.9 Å². The SMILES string of the molecule is COc1ccc(N[C@@H](CC(=O)c2ccccc2)[C@H]2COC(C)(C)O2)cc1. The smallest absolute Gasteiger partial charge is 0.165 e. The second kappa shape index (κ2) is 7.89. The summed E-state index contributed by atoms with van der Waals surface area (Å²) in [5, 5.41) is 3.43. The molecule has 26 heavy (non-hydrogen) atoms. The second-order valence-electron chi connectivity index (χ2n) is 6.84. The van der Waals surface area contributed by atoms with Crippen molar-refractivity contribution in [2.45, 2.75) is 38.2 Å². The van der Waals surface area contributed by atoms with Crippen molar-refractivity contribution in [3.05, 3.63) is 60.2 Å². The monoisotopic (exact) mass is 355 g/mol. The summed E-state index contributed by atoms with van der Waals surface area (Å²) in [4.78, 5) is 12.7. The molecule has 1 fully saturated rings. The largest absolute Gasteiger partial charge is 0.497 e. The Balaban J connectivity index is 1.76. The molecule has 1 heterocycles. The molecule has 138 valence electrons. The Kier molecular flexibility index (Phi) is 5.59. The molecule has 1 aliphatic heterocycles. The molecule has 0 unspecified atom stereocenters. The zero-order valence-electron chi connectivity index (χ0n) is 15.4. The molecule has 1 N–H and O–H groups in total. The zero-order valence-corrected chi connectivity index (χ0v) is 15.4. The fourth-order valence-electron chi connectivity index (χ4n) is 3.03. The fourth-order valence-corrected chi connectivity index (χ4v) is 3.03. The van der Waals surface area contributed by atoms with Gasteiger partial charge in [-0.3, -0.25) is 4.79 Å². The zero-order chi connectivity index (χ0) is 18.6. The summed E-state index contributed by atoms with van der Waals surface area (Å²) >= 11 is 0. The van der Waals surface area contributed by atoms with Crippen LogP contribution in [0.25, 0.3) is 0 Å². The first-order valence-corrected chi connectivity index (χ1v) is 8.77. The first-order valence-electron chi connectivity index (χ1n) is 8.77. The third-order valence-electron chi connectivity index (χ3n) is 4.42. The van der Waals surface area contributed by atoms with Crippen LogP contribution in [0.2, 0.25) is 0 Å². The molecule has 3 rings (SSSR count). The average molecular weight is 355 g/mol. The van der Waals surface area contributed by atoms with Crippen molar-refractivity contribution < 1.29 is 19.0 Å². The summed E-state index contributed by atoms with van der Waals surface area (Å²) < 4.78 is 16.9. The molecule has 0 amide bonds. The first kappa shape index (κ1) is 18.4. The quantitative estimate of drug-likeness (QED) is 0.764. The van der Waals surface area contributed by atoms with Gasteiger partial charge in [-0.2, -0.15) is 0 Å². The van der Waals surface area contributed by atoms with Crippen LogP contribution in [0.4, 0.5) is 5.69 Å². The van der Waals surface area contributed by atoms with Gasteiger partial charge in [-0.15, -0.1) is 0 Å². The summed E-state index contributed by atoms with van der Waals surface area (Å²) in [6.07, 6.45) is 0.111. The maximum Gasteiger partial charge on any atom is 0.165 e. The Morgan fingerprint density at radius 2 is 1.88 bits per heavy atom. The minimum Gasteiger partial charge on any atom is -0.497 e. The standard InChI is InChI=1S/C21H25NO4/c1-21(2)25-14-20(26-21)18(13-19(23)15-7-5-4-6-8-15)22-16-9-11-17(24-3)12-10-16/h4-12,18,20,22H,13-14H2,1-3H3/t18-,20+/m0/s1. The van der Waals surface area contributed by atoms with E-state index in [4.69, 9.17) is 14.2 Å². The maximum atomic E-state index is 12.7. The lowest BCUT2D eigenvalue weighted by Crippen LogP contribution is -2.38. The Bertz CT molecular complexity index is 727. The van der Waals surface area contributed by atoms with Gasteiger partial charge >= 0.3 is 0 Å². The Labute approximate surface area is 154 Å². The molecule has 0 aliphatic carbocycles. The van der Waals surface area contributed by atoms with Gasteiger partial charge in [-0.05, 0) is 38.1 Å². The average Bonchev–Trinajstić information content (AvgIpc) is 3.02. The normalized spacial score (nSPS) is 19.7. The van der Waals surface area contributed by atoms with Gasteiger partial charge in [0.15, 0.2) is 11.6 Å². The van der Waals surface area contributed by atoms with Crippen molar-refractivity contribution >= 4 is 11.5 Å². The van der Waals surface area contributed by atoms with E-state index in [9.17, 15) is 4.79 Å². The number of methoxy groups -OCH3 is 1. The van der Waals surface area contributed by atoms with Gasteiger partial charge in [0.05, 0.1) is 19.8 Å². The van der Waals surface area contributed by atoms with Crippen molar-refractivity contribution in [3.63, 3.8) is 0 Å². The highest BCUT2D eigenvalue weighted by Crippen LogP contribution is 2.28. The van der Waals surface area contributed by atoms with Crippen LogP contribution >= 0.6 is 0 Å². The van der Waals surface area contributed by atoms with Crippen molar-refractivity contribution in [1.82, 2.24) is 0 Å². The molecule has 0 spiro atoms. The van der Waals surface area contributed by atoms with E-state index in [0.717, 1.165) is 11.4 Å². The van der Waals surface area contributed by atoms with E-state index in [1.165, 1.54) is 0 Å². The van der Waals surface area contributed by atoms with Gasteiger partial charge in [-0.1, -0.05) is 30.3 Å². The van der Waals surface area contributed by atoms with E-state index >= 15 is 0 Å². The van der Waals surface area contributed by atoms with Crippen molar-refractivity contribution in [3.8, 4) is 5.75 Å². The van der Waals surface area contributed by atoms with Crippen LogP contribution in [0.1, 0.15) is 30.6 Å². The van der Waals surface area contributed by atoms with E-state index in [1.54, 1.807) is 7.11 Å². The fraction of sp³-hybridized carbons (Fsp3) is 0.381. The maximum absolute atomic E-state index is 12.7. The molecular weight excluding hydrogens is 330 g/mol. The molecule has 5 nitrogen and oxygen atoms in total. The minimum atomic E-state index is -0.639. The van der Waals surface area contributed by atoms with Crippen molar-refractivity contribution in [2.75, 3.05) is 19.0 Å². The molecule has 0 aromatic heterocycles. The lowest BCUT2D eigenvalue weighted by atomic mass is 9.99. The van der Waals surface area contributed by atoms with Crippen LogP contribution in [0, 0.1) is 0 Å². The van der Waals surface area contributed by atoms with Gasteiger partial charge in [0.25, 0.3) is 0 Å². The van der Waals surface area contributed by atoms with Gasteiger partial charge in [-0.25, -0.2) is 0 Å². The van der Waals surface area contributed by atoms with E-state index in [2.05, 4.69) is 5.32 Å². The topological polar surface area (TPSA) is 56.8 Å². The van der Waals surface area contributed by atoms with E-state index in [1.807, 2.05) is 68.4 Å². The number of nitrogens with one attached hydrogen (secondary N) is 1. The second-order valence-corrected chi connectivity index (χ2v) is 6.84. The molecule has 5 heteroatoms. The number of anilines is 1. The highest BCUT2D eigenvalue weighted by Gasteiger charge is 2.38. The van der Waals surface area contributed by atoms with E-state index < -0.39 is 5.79 Å². The number of hydrogen-bond acceptors (Lipinski definition) is 5. The van der Waals surface area contributed by atoms with Gasteiger partial charge in [0, 0.05) is 17.7 Å². The number of ketones is 1. The number of Topliss-reactive ketones (excluding diaryl/α,β-unsaturated/α-hetero) is 1. The third-order valence-corrected chi connectivity index (χ3v) is 4.42. The predicted octanol–water partition coefficient (Wildman–Crippen LogP) is 3.90. The minimum absolute atomic E-state index is 0.0740. The van der Waals surface area contributed by atoms with Crippen LogP contribution in [-0.2, 0) is 9.47 Å². The number of rotatable bonds is 7. The number of benzene rings is 2. The summed E-state index contributed by atoms with van der Waals surface area (Å²) in [6.45, 7) is 4.22. The Hall–Kier alpha value is -2.37. The molecule has 0 bridgehead atoms. The highest BCUT2D eigenvalue weighted by atomic mass is 16.7. The van der Waals surface area contributed by atoms with E-state index in [0.29, 0.717) is 18.6 Å². The van der Waals surface area contributed by atoms with Crippen LogP contribution in [0.15, 0.2) is 54.6 Å². The van der Waals surface area contributed by atoms with Gasteiger partial charge < -0.3 is 19.5 Å². The highest BCUT2D eigenvalue weighted by molar-refractivity contribution is 5.96. The molecule has 0 saturated carbocycles. The third kappa shape index (κ3) is 4.62. The molecule has 2 aromatic carbocycles. The summed E-state index contributed by atoms with van der Waals surface area (Å²) in [6, 6.07) is 16.8. The van der Waals surface area contributed by atoms with Crippen molar-refractivity contribution in [1.29, 1.82) is 0 Å². The Morgan fingerprint density at radius 3 is 2.46 bits per heavy atom. The molecular formula is C21H25NO4. The van der Waals surface area contributed by atoms with Crippen LogP contribution < -0.4 is 10.1 Å². The molecule has 1 aliphatic rings. The summed E-state index contributed by atoms with van der Waals surface area (Å²) in [7, 11) is 1.63. The van der Waals surface area contributed by atoms with Gasteiger partial charge in [0.1, 0.15) is 11.9 Å².